The topological polar surface area (TPSA) is 101 Å². The number of carbonyl (C=O) groups excluding carboxylic acids is 1. The highest BCUT2D eigenvalue weighted by Gasteiger charge is 2.34. The van der Waals surface area contributed by atoms with Crippen LogP contribution in [0.4, 0.5) is 23.2 Å². The van der Waals surface area contributed by atoms with E-state index in [-0.39, 0.29) is 53.1 Å². The molecule has 0 radical (unpaired) electrons. The molecule has 196 valence electrons. The number of hydrogen-bond acceptors (Lipinski definition) is 9. The molecular weight excluding hydrogens is 534 g/mol. The largest absolute Gasteiger partial charge is 0.447 e. The molecule has 5 heterocycles. The summed E-state index contributed by atoms with van der Waals surface area (Å²) in [5.74, 6) is -0.428. The number of nitrogens with zero attached hydrogens (tertiary/aromatic N) is 5. The van der Waals surface area contributed by atoms with Gasteiger partial charge in [0.25, 0.3) is 5.91 Å². The van der Waals surface area contributed by atoms with Crippen molar-refractivity contribution in [2.24, 2.45) is 0 Å². The van der Waals surface area contributed by atoms with Crippen LogP contribution in [0, 0.1) is 0 Å². The summed E-state index contributed by atoms with van der Waals surface area (Å²) in [6.45, 7) is 0.862. The number of likely N-dealkylation sites (tertiary alicyclic amines) is 1. The van der Waals surface area contributed by atoms with E-state index in [1.54, 1.807) is 18.2 Å². The predicted octanol–water partition coefficient (Wildman–Crippen LogP) is 4.44. The fourth-order valence-corrected chi connectivity index (χ4v) is 5.35. The lowest BCUT2D eigenvalue weighted by atomic mass is 10.0. The zero-order chi connectivity index (χ0) is 26.2. The van der Waals surface area contributed by atoms with Gasteiger partial charge in [-0.2, -0.15) is 18.2 Å². The average molecular weight is 556 g/mol. The van der Waals surface area contributed by atoms with Crippen LogP contribution in [0.2, 0.25) is 0 Å². The highest BCUT2D eigenvalue weighted by molar-refractivity contribution is 8.00. The van der Waals surface area contributed by atoms with Crippen LogP contribution in [-0.4, -0.2) is 67.6 Å². The number of anilines is 1. The molecule has 0 bridgehead atoms. The number of rotatable bonds is 7. The first-order valence-corrected chi connectivity index (χ1v) is 12.8. The minimum atomic E-state index is -4.58. The summed E-state index contributed by atoms with van der Waals surface area (Å²) in [5.41, 5.74) is -3.57. The first-order chi connectivity index (χ1) is 17.7. The number of fused-ring (bicyclic) bond motifs is 1. The lowest BCUT2D eigenvalue weighted by Gasteiger charge is -2.33. The summed E-state index contributed by atoms with van der Waals surface area (Å²) >= 11 is 0.716. The van der Waals surface area contributed by atoms with Crippen molar-refractivity contribution in [3.05, 3.63) is 47.4 Å². The Morgan fingerprint density at radius 1 is 1.35 bits per heavy atom. The lowest BCUT2D eigenvalue weighted by Crippen LogP contribution is -2.46. The zero-order valence-electron chi connectivity index (χ0n) is 19.3. The Labute approximate surface area is 216 Å². The van der Waals surface area contributed by atoms with Gasteiger partial charge in [-0.25, -0.2) is 8.76 Å². The minimum Gasteiger partial charge on any atom is -0.378 e. The van der Waals surface area contributed by atoms with E-state index in [2.05, 4.69) is 25.1 Å². The highest BCUT2D eigenvalue weighted by Crippen LogP contribution is 2.43. The first kappa shape index (κ1) is 25.5. The maximum Gasteiger partial charge on any atom is 0.447 e. The highest BCUT2D eigenvalue weighted by atomic mass is 32.2. The van der Waals surface area contributed by atoms with E-state index in [1.165, 1.54) is 22.9 Å². The lowest BCUT2D eigenvalue weighted by molar-refractivity contribution is -0.0329. The molecule has 1 aliphatic rings. The van der Waals surface area contributed by atoms with Gasteiger partial charge in [-0.05, 0) is 49.3 Å². The Morgan fingerprint density at radius 2 is 2.19 bits per heavy atom. The monoisotopic (exact) mass is 555 g/mol. The molecule has 2 N–H and O–H groups in total. The van der Waals surface area contributed by atoms with Crippen LogP contribution in [0.5, 0.6) is 0 Å². The molecule has 1 aliphatic heterocycles. The number of halogens is 4. The van der Waals surface area contributed by atoms with Crippen LogP contribution in [0.25, 0.3) is 16.9 Å². The van der Waals surface area contributed by atoms with Crippen LogP contribution < -0.4 is 10.6 Å². The SMILES string of the molecule is CN1CC[C@@H](Nc2cccn3c(SC(F)(F)F)c(-c4noc(CNC(=O)c5ccns5)n4)cc23)[C@@H](F)C1. The number of amides is 1. The van der Waals surface area contributed by atoms with Crippen molar-refractivity contribution in [2.75, 3.05) is 25.5 Å². The first-order valence-electron chi connectivity index (χ1n) is 11.2. The number of pyridine rings is 1. The molecule has 15 heteroatoms. The Bertz CT molecular complexity index is 1390. The van der Waals surface area contributed by atoms with Crippen LogP contribution >= 0.6 is 23.3 Å². The number of thioether (sulfide) groups is 1. The van der Waals surface area contributed by atoms with Gasteiger partial charge >= 0.3 is 5.51 Å². The molecule has 37 heavy (non-hydrogen) atoms. The van der Waals surface area contributed by atoms with Crippen LogP contribution in [0.15, 0.2) is 46.2 Å². The molecule has 0 unspecified atom stereocenters. The Kier molecular flexibility index (Phi) is 7.09. The van der Waals surface area contributed by atoms with E-state index in [0.29, 0.717) is 29.0 Å². The van der Waals surface area contributed by atoms with Gasteiger partial charge < -0.3 is 24.5 Å². The van der Waals surface area contributed by atoms with E-state index in [4.69, 9.17) is 4.52 Å². The maximum atomic E-state index is 14.6. The number of piperidine rings is 1. The quantitative estimate of drug-likeness (QED) is 0.255. The van der Waals surface area contributed by atoms with E-state index in [0.717, 1.165) is 11.5 Å². The van der Waals surface area contributed by atoms with E-state index < -0.39 is 17.7 Å². The molecular formula is C22H21F4N7O2S2. The van der Waals surface area contributed by atoms with Crippen molar-refractivity contribution in [1.82, 2.24) is 29.1 Å². The van der Waals surface area contributed by atoms with E-state index in [1.807, 2.05) is 11.9 Å². The van der Waals surface area contributed by atoms with Gasteiger partial charge in [-0.1, -0.05) is 5.16 Å². The van der Waals surface area contributed by atoms with Gasteiger partial charge in [0.1, 0.15) is 11.0 Å². The van der Waals surface area contributed by atoms with Crippen molar-refractivity contribution < 1.29 is 26.9 Å². The van der Waals surface area contributed by atoms with Crippen LogP contribution in [0.3, 0.4) is 0 Å². The Hall–Kier alpha value is -3.17. The molecule has 4 aromatic heterocycles. The molecule has 0 aliphatic carbocycles. The predicted molar refractivity (Wildman–Crippen MR) is 130 cm³/mol. The van der Waals surface area contributed by atoms with Gasteiger partial charge in [0.15, 0.2) is 0 Å². The third kappa shape index (κ3) is 5.72. The molecule has 0 aromatic carbocycles. The number of alkyl halides is 4. The van der Waals surface area contributed by atoms with Crippen molar-refractivity contribution in [3.63, 3.8) is 0 Å². The minimum absolute atomic E-state index is 0.0241. The molecule has 0 saturated carbocycles. The maximum absolute atomic E-state index is 14.6. The van der Waals surface area contributed by atoms with Crippen molar-refractivity contribution in [1.29, 1.82) is 0 Å². The third-order valence-corrected chi connectivity index (χ3v) is 7.42. The fraction of sp³-hybridized carbons (Fsp3) is 0.364. The Balaban J connectivity index is 1.45. The standard InChI is InChI=1S/C22H21F4N7O2S2/c1-32-8-5-14(13(23)11-32)29-15-3-2-7-33-16(15)9-12(21(33)36-22(24,25)26)19-30-18(35-31-19)10-27-20(34)17-4-6-28-37-17/h2-4,6-7,9,13-14,29H,5,8,10-11H2,1H3,(H,27,34)/t13-,14+/m0/s1. The molecule has 5 rings (SSSR count). The van der Waals surface area contributed by atoms with Crippen LogP contribution in [0.1, 0.15) is 22.0 Å². The molecule has 1 amide bonds. The van der Waals surface area contributed by atoms with Crippen molar-refractivity contribution >= 4 is 40.4 Å². The van der Waals surface area contributed by atoms with Crippen molar-refractivity contribution in [3.8, 4) is 11.4 Å². The molecule has 2 atom stereocenters. The normalized spacial score (nSPS) is 18.8. The third-order valence-electron chi connectivity index (χ3n) is 5.83. The second-order valence-corrected chi connectivity index (χ2v) is 10.4. The number of hydrogen-bond donors (Lipinski definition) is 2. The van der Waals surface area contributed by atoms with E-state index >= 15 is 0 Å². The van der Waals surface area contributed by atoms with E-state index in [9.17, 15) is 22.4 Å². The summed E-state index contributed by atoms with van der Waals surface area (Å²) in [5, 5.41) is 9.47. The number of carbonyl (C=O) groups is 1. The molecule has 1 fully saturated rings. The second-order valence-electron chi connectivity index (χ2n) is 8.48. The summed E-state index contributed by atoms with van der Waals surface area (Å²) < 4.78 is 65.6. The molecule has 0 spiro atoms. The second kappa shape index (κ2) is 10.3. The summed E-state index contributed by atoms with van der Waals surface area (Å²) in [6.07, 6.45) is 2.41. The van der Waals surface area contributed by atoms with Gasteiger partial charge in [0, 0.05) is 37.2 Å². The number of nitrogens with one attached hydrogen (secondary N) is 2. The molecule has 1 saturated heterocycles. The molecule has 4 aromatic rings. The van der Waals surface area contributed by atoms with Gasteiger partial charge in [0.05, 0.1) is 34.4 Å². The summed E-state index contributed by atoms with van der Waals surface area (Å²) in [4.78, 5) is 18.6. The zero-order valence-corrected chi connectivity index (χ0v) is 21.0. The average Bonchev–Trinajstić information content (AvgIpc) is 3.59. The van der Waals surface area contributed by atoms with Crippen LogP contribution in [-0.2, 0) is 6.54 Å². The fourth-order valence-electron chi connectivity index (χ4n) is 4.10. The van der Waals surface area contributed by atoms with Crippen molar-refractivity contribution in [2.45, 2.75) is 35.7 Å². The molecule has 9 nitrogen and oxygen atoms in total. The number of aromatic nitrogens is 4. The van der Waals surface area contributed by atoms with Gasteiger partial charge in [-0.3, -0.25) is 4.79 Å². The smallest absolute Gasteiger partial charge is 0.378 e. The van der Waals surface area contributed by atoms with Gasteiger partial charge in [-0.15, -0.1) is 0 Å². The summed E-state index contributed by atoms with van der Waals surface area (Å²) in [6, 6.07) is 5.89. The van der Waals surface area contributed by atoms with Gasteiger partial charge in [0.2, 0.25) is 11.7 Å². The Morgan fingerprint density at radius 3 is 2.92 bits per heavy atom. The summed E-state index contributed by atoms with van der Waals surface area (Å²) in [7, 11) is 1.84.